The molecule has 0 saturated heterocycles. The molecule has 4 rings (SSSR count). The molecule has 3 aromatic rings. The number of fused-ring (bicyclic) bond motifs is 1. The van der Waals surface area contributed by atoms with Gasteiger partial charge >= 0.3 is 0 Å². The van der Waals surface area contributed by atoms with E-state index in [0.717, 1.165) is 29.7 Å². The first-order chi connectivity index (χ1) is 17.5. The zero-order chi connectivity index (χ0) is 25.5. The Morgan fingerprint density at radius 2 is 2.06 bits per heavy atom. The summed E-state index contributed by atoms with van der Waals surface area (Å²) in [7, 11) is 0. The maximum atomic E-state index is 15.3. The molecule has 186 valence electrons. The summed E-state index contributed by atoms with van der Waals surface area (Å²) in [6.07, 6.45) is 14.0. The van der Waals surface area contributed by atoms with E-state index in [2.05, 4.69) is 38.3 Å². The Bertz CT molecular complexity index is 1320. The van der Waals surface area contributed by atoms with E-state index in [0.29, 0.717) is 24.2 Å². The van der Waals surface area contributed by atoms with Gasteiger partial charge in [-0.1, -0.05) is 42.9 Å². The Kier molecular flexibility index (Phi) is 8.15. The minimum Gasteiger partial charge on any atom is -0.363 e. The average molecular weight is 489 g/mol. The van der Waals surface area contributed by atoms with Crippen molar-refractivity contribution < 1.29 is 8.78 Å². The third kappa shape index (κ3) is 5.82. The Labute approximate surface area is 210 Å². The van der Waals surface area contributed by atoms with Crippen molar-refractivity contribution in [1.82, 2.24) is 19.9 Å². The van der Waals surface area contributed by atoms with Crippen molar-refractivity contribution in [3.05, 3.63) is 101 Å². The lowest BCUT2D eigenvalue weighted by atomic mass is 10.1. The predicted octanol–water partition coefficient (Wildman–Crippen LogP) is 6.04. The largest absolute Gasteiger partial charge is 0.363 e. The van der Waals surface area contributed by atoms with Crippen LogP contribution in [0.2, 0.25) is 0 Å². The van der Waals surface area contributed by atoms with Crippen molar-refractivity contribution >= 4 is 17.2 Å². The fraction of sp³-hybridized carbons (Fsp3) is 0.286. The Balaban J connectivity index is 1.49. The molecule has 0 bridgehead atoms. The fourth-order valence-corrected chi connectivity index (χ4v) is 4.22. The second-order valence-electron chi connectivity index (χ2n) is 8.62. The van der Waals surface area contributed by atoms with Crippen molar-refractivity contribution in [2.75, 3.05) is 16.8 Å². The Hall–Kier alpha value is -3.94. The third-order valence-corrected chi connectivity index (χ3v) is 5.92. The molecule has 1 aliphatic rings. The number of allylic oxidation sites excluding steroid dienone is 6. The zero-order valence-corrected chi connectivity index (χ0v) is 20.8. The molecule has 0 radical (unpaired) electrons. The van der Waals surface area contributed by atoms with Gasteiger partial charge in [0.25, 0.3) is 0 Å². The van der Waals surface area contributed by atoms with Crippen LogP contribution in [0.4, 0.5) is 20.4 Å². The van der Waals surface area contributed by atoms with Gasteiger partial charge in [-0.3, -0.25) is 9.97 Å². The molecular weight excluding hydrogens is 458 g/mol. The zero-order valence-electron chi connectivity index (χ0n) is 20.8. The fourth-order valence-electron chi connectivity index (χ4n) is 4.22. The number of nitrogens with one attached hydrogen (secondary N) is 1. The molecule has 6 nitrogen and oxygen atoms in total. The first-order valence-electron chi connectivity index (χ1n) is 12.1. The quantitative estimate of drug-likeness (QED) is 0.390. The van der Waals surface area contributed by atoms with Gasteiger partial charge in [-0.15, -0.1) is 0 Å². The number of hydrogen-bond acceptors (Lipinski definition) is 6. The number of aromatic nitrogens is 4. The van der Waals surface area contributed by atoms with Crippen molar-refractivity contribution in [2.24, 2.45) is 0 Å². The highest BCUT2D eigenvalue weighted by Gasteiger charge is 2.22. The lowest BCUT2D eigenvalue weighted by molar-refractivity contribution is 0.594. The van der Waals surface area contributed by atoms with Crippen LogP contribution in [-0.4, -0.2) is 26.5 Å². The molecule has 1 aliphatic heterocycles. The van der Waals surface area contributed by atoms with Gasteiger partial charge < -0.3 is 10.2 Å². The van der Waals surface area contributed by atoms with E-state index in [1.807, 2.05) is 49.1 Å². The second kappa shape index (κ2) is 11.7. The van der Waals surface area contributed by atoms with Crippen LogP contribution in [0, 0.1) is 11.6 Å². The Morgan fingerprint density at radius 1 is 1.19 bits per heavy atom. The van der Waals surface area contributed by atoms with Crippen LogP contribution in [0.5, 0.6) is 0 Å². The standard InChI is InChI=1S/C28H30F2N6/c1-4-7-19(3)13-21(8-5-2)26-23(29)14-20(15-32-26)16-33-27-25(30)28(35-18-34-27)36-12-10-24-22(17-36)9-6-11-31-24/h5-9,11,13-15,18H,4,10,12,16-17H2,1-3H3,(H,33,34,35)/b8-5-,19-7+,21-13+. The molecule has 8 heteroatoms. The highest BCUT2D eigenvalue weighted by Crippen LogP contribution is 2.27. The maximum absolute atomic E-state index is 15.3. The van der Waals surface area contributed by atoms with Crippen LogP contribution in [0.25, 0.3) is 5.57 Å². The summed E-state index contributed by atoms with van der Waals surface area (Å²) in [6, 6.07) is 5.29. The van der Waals surface area contributed by atoms with E-state index in [1.165, 1.54) is 12.4 Å². The number of anilines is 2. The maximum Gasteiger partial charge on any atom is 0.207 e. The monoisotopic (exact) mass is 488 g/mol. The minimum absolute atomic E-state index is 0.0660. The van der Waals surface area contributed by atoms with Crippen LogP contribution < -0.4 is 10.2 Å². The number of pyridine rings is 2. The summed E-state index contributed by atoms with van der Waals surface area (Å²) in [5.41, 5.74) is 4.68. The molecule has 0 spiro atoms. The van der Waals surface area contributed by atoms with Crippen molar-refractivity contribution in [1.29, 1.82) is 0 Å². The molecular formula is C28H30F2N6. The van der Waals surface area contributed by atoms with Crippen LogP contribution in [-0.2, 0) is 19.5 Å². The van der Waals surface area contributed by atoms with E-state index in [-0.39, 0.29) is 23.9 Å². The summed E-state index contributed by atoms with van der Waals surface area (Å²) >= 11 is 0. The molecule has 0 unspecified atom stereocenters. The molecule has 3 aromatic heterocycles. The average Bonchev–Trinajstić information content (AvgIpc) is 2.88. The highest BCUT2D eigenvalue weighted by molar-refractivity contribution is 5.74. The number of hydrogen-bond donors (Lipinski definition) is 1. The number of nitrogens with zero attached hydrogens (tertiary/aromatic N) is 5. The number of rotatable bonds is 8. The molecule has 0 atom stereocenters. The normalized spacial score (nSPS) is 14.3. The van der Waals surface area contributed by atoms with Crippen LogP contribution in [0.1, 0.15) is 49.7 Å². The highest BCUT2D eigenvalue weighted by atomic mass is 19.1. The summed E-state index contributed by atoms with van der Waals surface area (Å²) in [5, 5.41) is 2.97. The third-order valence-electron chi connectivity index (χ3n) is 5.92. The van der Waals surface area contributed by atoms with Gasteiger partial charge in [-0.05, 0) is 43.5 Å². The van der Waals surface area contributed by atoms with Gasteiger partial charge in [0.15, 0.2) is 11.6 Å². The molecule has 0 aromatic carbocycles. The minimum atomic E-state index is -0.536. The van der Waals surface area contributed by atoms with E-state index >= 15 is 4.39 Å². The first-order valence-corrected chi connectivity index (χ1v) is 12.1. The summed E-state index contributed by atoms with van der Waals surface area (Å²) < 4.78 is 30.3. The van der Waals surface area contributed by atoms with Gasteiger partial charge in [-0.2, -0.15) is 4.39 Å². The SMILES string of the molecule is C\C=C/C(=C\C(C)=C\CC)c1ncc(CNc2ncnc(N3CCc4ncccc4C3)c2F)cc1F. The summed E-state index contributed by atoms with van der Waals surface area (Å²) in [6.45, 7) is 7.23. The number of halogens is 2. The lowest BCUT2D eigenvalue weighted by Crippen LogP contribution is -2.32. The summed E-state index contributed by atoms with van der Waals surface area (Å²) in [5.74, 6) is -0.673. The first kappa shape index (κ1) is 25.2. The van der Waals surface area contributed by atoms with Crippen LogP contribution >= 0.6 is 0 Å². The second-order valence-corrected chi connectivity index (χ2v) is 8.62. The van der Waals surface area contributed by atoms with E-state index in [9.17, 15) is 4.39 Å². The topological polar surface area (TPSA) is 66.8 Å². The van der Waals surface area contributed by atoms with E-state index in [1.54, 1.807) is 12.4 Å². The van der Waals surface area contributed by atoms with Crippen molar-refractivity contribution in [3.63, 3.8) is 0 Å². The van der Waals surface area contributed by atoms with Gasteiger partial charge in [0.1, 0.15) is 17.8 Å². The predicted molar refractivity (Wildman–Crippen MR) is 139 cm³/mol. The molecule has 36 heavy (non-hydrogen) atoms. The van der Waals surface area contributed by atoms with Gasteiger partial charge in [-0.25, -0.2) is 14.4 Å². The molecule has 0 fully saturated rings. The van der Waals surface area contributed by atoms with E-state index in [4.69, 9.17) is 0 Å². The van der Waals surface area contributed by atoms with Crippen LogP contribution in [0.15, 0.2) is 66.8 Å². The molecule has 0 amide bonds. The van der Waals surface area contributed by atoms with Crippen molar-refractivity contribution in [2.45, 2.75) is 46.7 Å². The molecule has 0 aliphatic carbocycles. The van der Waals surface area contributed by atoms with Crippen LogP contribution in [0.3, 0.4) is 0 Å². The summed E-state index contributed by atoms with van der Waals surface area (Å²) in [4.78, 5) is 18.9. The lowest BCUT2D eigenvalue weighted by Gasteiger charge is -2.29. The van der Waals surface area contributed by atoms with Gasteiger partial charge in [0, 0.05) is 49.7 Å². The van der Waals surface area contributed by atoms with Crippen molar-refractivity contribution in [3.8, 4) is 0 Å². The smallest absolute Gasteiger partial charge is 0.207 e. The molecule has 4 heterocycles. The molecule has 1 N–H and O–H groups in total. The molecule has 0 saturated carbocycles. The van der Waals surface area contributed by atoms with E-state index < -0.39 is 11.6 Å². The van der Waals surface area contributed by atoms with Gasteiger partial charge in [0.2, 0.25) is 5.82 Å². The Morgan fingerprint density at radius 3 is 2.83 bits per heavy atom. The van der Waals surface area contributed by atoms with Gasteiger partial charge in [0.05, 0.1) is 0 Å².